The molecule has 0 aromatic heterocycles. The van der Waals surface area contributed by atoms with Crippen LogP contribution in [-0.4, -0.2) is 42.5 Å². The van der Waals surface area contributed by atoms with Crippen LogP contribution in [-0.2, 0) is 9.53 Å². The van der Waals surface area contributed by atoms with E-state index in [4.69, 9.17) is 4.74 Å². The van der Waals surface area contributed by atoms with Gasteiger partial charge in [0.25, 0.3) is 0 Å². The third-order valence-electron chi connectivity index (χ3n) is 2.88. The molecule has 1 aliphatic rings. The van der Waals surface area contributed by atoms with E-state index in [0.717, 1.165) is 0 Å². The van der Waals surface area contributed by atoms with E-state index in [-0.39, 0.29) is 12.5 Å². The zero-order chi connectivity index (χ0) is 11.3. The quantitative estimate of drug-likeness (QED) is 0.504. The molecule has 0 unspecified atom stereocenters. The molecule has 1 saturated heterocycles. The predicted octanol–water partition coefficient (Wildman–Crippen LogP) is -2.38. The molecule has 1 aliphatic heterocycles. The van der Waals surface area contributed by atoms with Crippen LogP contribution in [0.1, 0.15) is 26.2 Å². The van der Waals surface area contributed by atoms with Crippen LogP contribution in [0.5, 0.6) is 0 Å². The van der Waals surface area contributed by atoms with Gasteiger partial charge in [0.05, 0.1) is 6.54 Å². The van der Waals surface area contributed by atoms with Gasteiger partial charge in [0.2, 0.25) is 0 Å². The molecule has 0 spiro atoms. The third kappa shape index (κ3) is 4.15. The Morgan fingerprint density at radius 2 is 2.47 bits per heavy atom. The van der Waals surface area contributed by atoms with Crippen molar-refractivity contribution in [1.29, 1.82) is 0 Å². The smallest absolute Gasteiger partial charge is 0.138 e. The number of hydrogen-bond donors (Lipinski definition) is 2. The van der Waals surface area contributed by atoms with E-state index in [1.165, 1.54) is 0 Å². The molecule has 0 amide bonds. The average Bonchev–Trinajstić information content (AvgIpc) is 2.13. The molecule has 15 heavy (non-hydrogen) atoms. The highest BCUT2D eigenvalue weighted by Crippen LogP contribution is 2.17. The zero-order valence-corrected chi connectivity index (χ0v) is 9.07. The van der Waals surface area contributed by atoms with Crippen LogP contribution in [0.15, 0.2) is 0 Å². The van der Waals surface area contributed by atoms with E-state index in [9.17, 15) is 15.0 Å². The Hall–Kier alpha value is -0.650. The number of rotatable bonds is 5. The second-order valence-corrected chi connectivity index (χ2v) is 4.29. The van der Waals surface area contributed by atoms with Gasteiger partial charge in [-0.25, -0.2) is 0 Å². The Kier molecular flexibility index (Phi) is 4.50. The molecule has 5 heteroatoms. The zero-order valence-electron chi connectivity index (χ0n) is 9.07. The van der Waals surface area contributed by atoms with E-state index in [1.54, 1.807) is 6.92 Å². The molecule has 88 valence electrons. The van der Waals surface area contributed by atoms with Gasteiger partial charge in [0, 0.05) is 25.4 Å². The van der Waals surface area contributed by atoms with Gasteiger partial charge in [-0.1, -0.05) is 0 Å². The van der Waals surface area contributed by atoms with Crippen molar-refractivity contribution in [2.75, 3.05) is 19.8 Å². The maximum atomic E-state index is 10.2. The Labute approximate surface area is 89.4 Å². The topological polar surface area (TPSA) is 86.2 Å². The molecule has 0 bridgehead atoms. The van der Waals surface area contributed by atoms with E-state index in [0.29, 0.717) is 32.6 Å². The van der Waals surface area contributed by atoms with E-state index in [2.05, 4.69) is 0 Å². The molecule has 0 aliphatic carbocycles. The Morgan fingerprint density at radius 3 is 3.07 bits per heavy atom. The highest BCUT2D eigenvalue weighted by atomic mass is 16.5. The van der Waals surface area contributed by atoms with Crippen LogP contribution < -0.4 is 10.4 Å². The lowest BCUT2D eigenvalue weighted by atomic mass is 9.91. The van der Waals surface area contributed by atoms with Crippen LogP contribution in [0.3, 0.4) is 0 Å². The standard InChI is InChI=1S/C10H19NO4/c1-10(14)4-6-15-7-8(10)11-5-2-3-9(12)13/h8,11,14H,2-7H2,1H3,(H,12,13)/t8-,10+/m1/s1. The van der Waals surface area contributed by atoms with E-state index in [1.807, 2.05) is 5.32 Å². The number of quaternary nitrogens is 1. The van der Waals surface area contributed by atoms with Crippen molar-refractivity contribution in [3.63, 3.8) is 0 Å². The summed E-state index contributed by atoms with van der Waals surface area (Å²) >= 11 is 0. The third-order valence-corrected chi connectivity index (χ3v) is 2.88. The average molecular weight is 217 g/mol. The molecule has 0 radical (unpaired) electrons. The SMILES string of the molecule is C[C@]1(O)CCOC[C@H]1[NH2+]CCCC(=O)[O-]. The first-order valence-corrected chi connectivity index (χ1v) is 5.35. The van der Waals surface area contributed by atoms with Crippen molar-refractivity contribution in [3.05, 3.63) is 0 Å². The summed E-state index contributed by atoms with van der Waals surface area (Å²) in [5.74, 6) is -1.02. The minimum atomic E-state index is -1.02. The molecule has 0 aromatic rings. The number of aliphatic hydroxyl groups is 1. The molecule has 5 nitrogen and oxygen atoms in total. The van der Waals surface area contributed by atoms with Crippen molar-refractivity contribution in [3.8, 4) is 0 Å². The van der Waals surface area contributed by atoms with Gasteiger partial charge in [0.1, 0.15) is 18.2 Å². The minimum absolute atomic E-state index is 0.00741. The number of hydrogen-bond acceptors (Lipinski definition) is 4. The van der Waals surface area contributed by atoms with Crippen molar-refractivity contribution in [1.82, 2.24) is 0 Å². The maximum absolute atomic E-state index is 10.2. The summed E-state index contributed by atoms with van der Waals surface area (Å²) in [6, 6.07) is 0.00741. The molecule has 0 saturated carbocycles. The van der Waals surface area contributed by atoms with Gasteiger partial charge in [-0.05, 0) is 13.3 Å². The molecular formula is C10H19NO4. The molecule has 1 rings (SSSR count). The molecule has 1 heterocycles. The molecule has 3 N–H and O–H groups in total. The monoisotopic (exact) mass is 217 g/mol. The van der Waals surface area contributed by atoms with E-state index < -0.39 is 11.6 Å². The number of carboxylic acid groups (broad SMARTS) is 1. The first-order valence-electron chi connectivity index (χ1n) is 5.35. The van der Waals surface area contributed by atoms with E-state index >= 15 is 0 Å². The molecule has 2 atom stereocenters. The second kappa shape index (κ2) is 5.44. The number of aliphatic carboxylic acids is 1. The molecular weight excluding hydrogens is 198 g/mol. The van der Waals surface area contributed by atoms with Crippen LogP contribution >= 0.6 is 0 Å². The van der Waals surface area contributed by atoms with Crippen molar-refractivity contribution < 1.29 is 25.1 Å². The Bertz CT molecular complexity index is 217. The molecule has 0 aromatic carbocycles. The van der Waals surface area contributed by atoms with Gasteiger partial charge >= 0.3 is 0 Å². The summed E-state index contributed by atoms with van der Waals surface area (Å²) in [6.45, 7) is 3.60. The summed E-state index contributed by atoms with van der Waals surface area (Å²) in [6.07, 6.45) is 1.27. The summed E-state index contributed by atoms with van der Waals surface area (Å²) < 4.78 is 5.28. The second-order valence-electron chi connectivity index (χ2n) is 4.29. The fourth-order valence-corrected chi connectivity index (χ4v) is 1.74. The highest BCUT2D eigenvalue weighted by molar-refractivity contribution is 5.64. The summed E-state index contributed by atoms with van der Waals surface area (Å²) in [5.41, 5.74) is -0.709. The van der Waals surface area contributed by atoms with Gasteiger partial charge < -0.3 is 25.1 Å². The molecule has 1 fully saturated rings. The number of carbonyl (C=O) groups excluding carboxylic acids is 1. The minimum Gasteiger partial charge on any atom is -0.550 e. The van der Waals surface area contributed by atoms with Gasteiger partial charge in [-0.3, -0.25) is 0 Å². The highest BCUT2D eigenvalue weighted by Gasteiger charge is 2.37. The fourth-order valence-electron chi connectivity index (χ4n) is 1.74. The largest absolute Gasteiger partial charge is 0.550 e. The lowest BCUT2D eigenvalue weighted by molar-refractivity contribution is -0.707. The van der Waals surface area contributed by atoms with Crippen LogP contribution in [0.2, 0.25) is 0 Å². The van der Waals surface area contributed by atoms with Crippen molar-refractivity contribution >= 4 is 5.97 Å². The Balaban J connectivity index is 2.21. The lowest BCUT2D eigenvalue weighted by Gasteiger charge is -2.34. The Morgan fingerprint density at radius 1 is 1.73 bits per heavy atom. The normalized spacial score (nSPS) is 31.5. The number of carbonyl (C=O) groups is 1. The van der Waals surface area contributed by atoms with Crippen molar-refractivity contribution in [2.24, 2.45) is 0 Å². The number of nitrogens with two attached hydrogens (primary N) is 1. The summed E-state index contributed by atoms with van der Waals surface area (Å²) in [7, 11) is 0. The van der Waals surface area contributed by atoms with Crippen LogP contribution in [0.25, 0.3) is 0 Å². The number of ether oxygens (including phenoxy) is 1. The summed E-state index contributed by atoms with van der Waals surface area (Å²) in [4.78, 5) is 10.2. The van der Waals surface area contributed by atoms with Gasteiger partial charge in [-0.15, -0.1) is 0 Å². The first-order chi connectivity index (χ1) is 7.02. The predicted molar refractivity (Wildman–Crippen MR) is 50.9 cm³/mol. The van der Waals surface area contributed by atoms with Gasteiger partial charge in [0.15, 0.2) is 0 Å². The lowest BCUT2D eigenvalue weighted by Crippen LogP contribution is -2.96. The fraction of sp³-hybridized carbons (Fsp3) is 0.900. The van der Waals surface area contributed by atoms with Crippen LogP contribution in [0, 0.1) is 0 Å². The first kappa shape index (κ1) is 12.4. The maximum Gasteiger partial charge on any atom is 0.138 e. The van der Waals surface area contributed by atoms with Crippen LogP contribution in [0.4, 0.5) is 0 Å². The van der Waals surface area contributed by atoms with Crippen molar-refractivity contribution in [2.45, 2.75) is 37.8 Å². The van der Waals surface area contributed by atoms with Gasteiger partial charge in [-0.2, -0.15) is 0 Å². The number of carboxylic acids is 1. The summed E-state index contributed by atoms with van der Waals surface area (Å²) in [5, 5.41) is 22.1.